The summed E-state index contributed by atoms with van der Waals surface area (Å²) in [5.74, 6) is 0.422. The first kappa shape index (κ1) is 18.0. The zero-order chi connectivity index (χ0) is 15.8. The van der Waals surface area contributed by atoms with Crippen molar-refractivity contribution in [3.8, 4) is 0 Å². The van der Waals surface area contributed by atoms with Crippen molar-refractivity contribution in [3.63, 3.8) is 0 Å². The minimum Gasteiger partial charge on any atom is -0.441 e. The summed E-state index contributed by atoms with van der Waals surface area (Å²) in [7, 11) is 0. The van der Waals surface area contributed by atoms with E-state index in [1.165, 1.54) is 0 Å². The van der Waals surface area contributed by atoms with Crippen LogP contribution >= 0.6 is 0 Å². The molecule has 4 nitrogen and oxygen atoms in total. The van der Waals surface area contributed by atoms with Crippen molar-refractivity contribution < 1.29 is 14.4 Å². The first-order chi connectivity index (χ1) is 9.14. The van der Waals surface area contributed by atoms with Gasteiger partial charge in [0.05, 0.1) is 0 Å². The van der Waals surface area contributed by atoms with Gasteiger partial charge in [-0.15, -0.1) is 0 Å². The highest BCUT2D eigenvalue weighted by atomic mass is 16.7. The SMILES string of the molecule is C=C/C=C\C(=C/C=C)ONC(=O)OC(C)(C)C(C)(C)C. The van der Waals surface area contributed by atoms with Crippen LogP contribution in [-0.4, -0.2) is 11.7 Å². The van der Waals surface area contributed by atoms with Gasteiger partial charge in [0, 0.05) is 5.41 Å². The van der Waals surface area contributed by atoms with Gasteiger partial charge in [0.1, 0.15) is 5.60 Å². The van der Waals surface area contributed by atoms with Crippen molar-refractivity contribution >= 4 is 6.09 Å². The molecule has 0 spiro atoms. The number of nitrogens with one attached hydrogen (secondary N) is 1. The van der Waals surface area contributed by atoms with Crippen molar-refractivity contribution in [3.05, 3.63) is 49.3 Å². The third kappa shape index (κ3) is 6.27. The van der Waals surface area contributed by atoms with E-state index in [4.69, 9.17) is 9.57 Å². The molecule has 0 radical (unpaired) electrons. The Morgan fingerprint density at radius 1 is 1.10 bits per heavy atom. The first-order valence-corrected chi connectivity index (χ1v) is 6.41. The molecule has 0 bridgehead atoms. The molecule has 112 valence electrons. The van der Waals surface area contributed by atoms with Gasteiger partial charge in [-0.25, -0.2) is 4.79 Å². The second-order valence-electron chi connectivity index (χ2n) is 5.75. The summed E-state index contributed by atoms with van der Waals surface area (Å²) >= 11 is 0. The highest BCUT2D eigenvalue weighted by Crippen LogP contribution is 2.32. The molecular weight excluding hydrogens is 254 g/mol. The van der Waals surface area contributed by atoms with Crippen LogP contribution in [0.5, 0.6) is 0 Å². The topological polar surface area (TPSA) is 47.6 Å². The predicted molar refractivity (Wildman–Crippen MR) is 81.9 cm³/mol. The Hall–Kier alpha value is -1.97. The summed E-state index contributed by atoms with van der Waals surface area (Å²) in [6.45, 7) is 16.8. The summed E-state index contributed by atoms with van der Waals surface area (Å²) in [5, 5.41) is 0. The summed E-state index contributed by atoms with van der Waals surface area (Å²) in [4.78, 5) is 16.9. The van der Waals surface area contributed by atoms with Crippen molar-refractivity contribution in [1.82, 2.24) is 5.48 Å². The minimum atomic E-state index is -0.646. The lowest BCUT2D eigenvalue weighted by Gasteiger charge is -2.37. The zero-order valence-corrected chi connectivity index (χ0v) is 13.0. The van der Waals surface area contributed by atoms with E-state index in [-0.39, 0.29) is 5.41 Å². The minimum absolute atomic E-state index is 0.188. The van der Waals surface area contributed by atoms with Crippen LogP contribution in [0.2, 0.25) is 0 Å². The van der Waals surface area contributed by atoms with Gasteiger partial charge in [-0.3, -0.25) is 0 Å². The quantitative estimate of drug-likeness (QED) is 0.448. The molecule has 0 aliphatic carbocycles. The highest BCUT2D eigenvalue weighted by Gasteiger charge is 2.36. The Bertz CT molecular complexity index is 412. The Balaban J connectivity index is 4.56. The fraction of sp³-hybridized carbons (Fsp3) is 0.438. The number of hydrogen-bond acceptors (Lipinski definition) is 3. The predicted octanol–water partition coefficient (Wildman–Crippen LogP) is 4.28. The van der Waals surface area contributed by atoms with Gasteiger partial charge < -0.3 is 9.57 Å². The molecule has 0 atom stereocenters. The van der Waals surface area contributed by atoms with Crippen LogP contribution in [0.25, 0.3) is 0 Å². The van der Waals surface area contributed by atoms with E-state index in [1.807, 2.05) is 34.6 Å². The second kappa shape index (κ2) is 7.58. The fourth-order valence-corrected chi connectivity index (χ4v) is 0.909. The van der Waals surface area contributed by atoms with E-state index in [0.29, 0.717) is 5.76 Å². The largest absolute Gasteiger partial charge is 0.441 e. The van der Waals surface area contributed by atoms with Gasteiger partial charge >= 0.3 is 6.09 Å². The number of carbonyl (C=O) groups excluding carboxylic acids is 1. The van der Waals surface area contributed by atoms with Crippen molar-refractivity contribution in [2.75, 3.05) is 0 Å². The van der Waals surface area contributed by atoms with Crippen molar-refractivity contribution in [1.29, 1.82) is 0 Å². The molecule has 4 heteroatoms. The lowest BCUT2D eigenvalue weighted by molar-refractivity contribution is -0.0549. The molecule has 0 aromatic rings. The van der Waals surface area contributed by atoms with Crippen LogP contribution in [0, 0.1) is 5.41 Å². The summed E-state index contributed by atoms with van der Waals surface area (Å²) in [6, 6.07) is 0. The molecule has 0 unspecified atom stereocenters. The molecule has 1 amide bonds. The number of amides is 1. The van der Waals surface area contributed by atoms with Crippen LogP contribution in [0.4, 0.5) is 4.79 Å². The molecule has 0 saturated carbocycles. The zero-order valence-electron chi connectivity index (χ0n) is 13.0. The second-order valence-corrected chi connectivity index (χ2v) is 5.75. The third-order valence-electron chi connectivity index (χ3n) is 3.08. The molecule has 1 N–H and O–H groups in total. The standard InChI is InChI=1S/C16H25NO3/c1-8-10-12-13(11-9-2)20-17-14(18)19-16(6,7)15(3,4)5/h8-12H,1-2H2,3-7H3,(H,17,18)/b12-10-,13-11+. The van der Waals surface area contributed by atoms with Crippen LogP contribution in [0.3, 0.4) is 0 Å². The van der Waals surface area contributed by atoms with Gasteiger partial charge in [0.25, 0.3) is 0 Å². The molecule has 0 rings (SSSR count). The lowest BCUT2D eigenvalue weighted by atomic mass is 9.79. The molecule has 0 aliphatic rings. The van der Waals surface area contributed by atoms with Crippen LogP contribution in [-0.2, 0) is 9.57 Å². The average Bonchev–Trinajstić information content (AvgIpc) is 2.30. The Morgan fingerprint density at radius 3 is 2.15 bits per heavy atom. The van der Waals surface area contributed by atoms with E-state index in [1.54, 1.807) is 30.4 Å². The van der Waals surface area contributed by atoms with Crippen LogP contribution < -0.4 is 5.48 Å². The van der Waals surface area contributed by atoms with Gasteiger partial charge in [0.2, 0.25) is 0 Å². The van der Waals surface area contributed by atoms with E-state index in [0.717, 1.165) is 0 Å². The van der Waals surface area contributed by atoms with Gasteiger partial charge in [-0.2, -0.15) is 5.48 Å². The number of hydroxylamine groups is 1. The first-order valence-electron chi connectivity index (χ1n) is 6.41. The fourth-order valence-electron chi connectivity index (χ4n) is 0.909. The monoisotopic (exact) mass is 279 g/mol. The Morgan fingerprint density at radius 2 is 1.70 bits per heavy atom. The Labute approximate surface area is 121 Å². The van der Waals surface area contributed by atoms with Gasteiger partial charge in [-0.05, 0) is 26.0 Å². The maximum absolute atomic E-state index is 11.7. The van der Waals surface area contributed by atoms with Gasteiger partial charge in [-0.1, -0.05) is 52.2 Å². The molecule has 0 heterocycles. The Kier molecular flexibility index (Phi) is 6.83. The van der Waals surface area contributed by atoms with E-state index >= 15 is 0 Å². The molecule has 0 aromatic heterocycles. The van der Waals surface area contributed by atoms with Crippen molar-refractivity contribution in [2.45, 2.75) is 40.2 Å². The summed E-state index contributed by atoms with van der Waals surface area (Å²) in [5.41, 5.74) is 1.43. The third-order valence-corrected chi connectivity index (χ3v) is 3.08. The number of rotatable bonds is 6. The normalized spacial score (nSPS) is 12.9. The summed E-state index contributed by atoms with van der Waals surface area (Å²) in [6.07, 6.45) is 7.43. The maximum Gasteiger partial charge on any atom is 0.441 e. The smallest absolute Gasteiger partial charge is 0.441 e. The van der Waals surface area contributed by atoms with Gasteiger partial charge in [0.15, 0.2) is 5.76 Å². The van der Waals surface area contributed by atoms with E-state index in [9.17, 15) is 4.79 Å². The van der Waals surface area contributed by atoms with E-state index < -0.39 is 11.7 Å². The average molecular weight is 279 g/mol. The van der Waals surface area contributed by atoms with Crippen molar-refractivity contribution in [2.24, 2.45) is 5.41 Å². The van der Waals surface area contributed by atoms with Crippen LogP contribution in [0.15, 0.2) is 49.3 Å². The van der Waals surface area contributed by atoms with Crippen LogP contribution in [0.1, 0.15) is 34.6 Å². The molecular formula is C16H25NO3. The highest BCUT2D eigenvalue weighted by molar-refractivity contribution is 5.66. The molecule has 0 aliphatic heterocycles. The number of ether oxygens (including phenoxy) is 1. The number of carbonyl (C=O) groups is 1. The lowest BCUT2D eigenvalue weighted by Crippen LogP contribution is -2.43. The maximum atomic E-state index is 11.7. The van der Waals surface area contributed by atoms with E-state index in [2.05, 4.69) is 18.6 Å². The number of allylic oxidation sites excluding steroid dienone is 5. The molecule has 0 fully saturated rings. The number of hydrogen-bond donors (Lipinski definition) is 1. The molecule has 20 heavy (non-hydrogen) atoms. The summed E-state index contributed by atoms with van der Waals surface area (Å²) < 4.78 is 5.36. The molecule has 0 aromatic carbocycles. The molecule has 0 saturated heterocycles.